The van der Waals surface area contributed by atoms with E-state index in [1.54, 1.807) is 18.3 Å². The Bertz CT molecular complexity index is 763. The van der Waals surface area contributed by atoms with Crippen molar-refractivity contribution in [3.8, 4) is 0 Å². The van der Waals surface area contributed by atoms with Crippen molar-refractivity contribution >= 4 is 22.5 Å². The van der Waals surface area contributed by atoms with Gasteiger partial charge >= 0.3 is 0 Å². The molecule has 1 unspecified atom stereocenters. The van der Waals surface area contributed by atoms with Crippen LogP contribution in [0.4, 0.5) is 4.39 Å². The maximum Gasteiger partial charge on any atom is 0.129 e. The van der Waals surface area contributed by atoms with Gasteiger partial charge in [0.25, 0.3) is 0 Å². The minimum atomic E-state index is -0.496. The number of pyridine rings is 1. The molecule has 2 aromatic carbocycles. The van der Waals surface area contributed by atoms with Crippen LogP contribution >= 0.6 is 11.6 Å². The number of nitrogens with zero attached hydrogens (tertiary/aromatic N) is 1. The molecule has 2 nitrogen and oxygen atoms in total. The van der Waals surface area contributed by atoms with Crippen LogP contribution in [-0.2, 0) is 6.42 Å². The lowest BCUT2D eigenvalue weighted by Crippen LogP contribution is -2.16. The van der Waals surface area contributed by atoms with Crippen LogP contribution in [0, 0.1) is 5.82 Å². The van der Waals surface area contributed by atoms with E-state index < -0.39 is 6.04 Å². The summed E-state index contributed by atoms with van der Waals surface area (Å²) >= 11 is 6.08. The van der Waals surface area contributed by atoms with Crippen LogP contribution in [0.5, 0.6) is 0 Å². The normalized spacial score (nSPS) is 12.5. The van der Waals surface area contributed by atoms with Crippen molar-refractivity contribution in [3.63, 3.8) is 0 Å². The summed E-state index contributed by atoms with van der Waals surface area (Å²) in [7, 11) is 0. The van der Waals surface area contributed by atoms with Gasteiger partial charge in [0.15, 0.2) is 0 Å². The molecule has 0 aliphatic rings. The summed E-state index contributed by atoms with van der Waals surface area (Å²) in [6, 6.07) is 13.9. The Hall–Kier alpha value is -1.97. The SMILES string of the molecule is NC(Cc1ccnc2ccccc12)c1c(F)cccc1Cl. The molecular formula is C17H14ClFN2. The molecule has 3 aromatic rings. The van der Waals surface area contributed by atoms with Crippen LogP contribution in [0.3, 0.4) is 0 Å². The zero-order valence-electron chi connectivity index (χ0n) is 11.3. The lowest BCUT2D eigenvalue weighted by atomic mass is 9.97. The minimum Gasteiger partial charge on any atom is -0.324 e. The number of nitrogens with two attached hydrogens (primary N) is 1. The summed E-state index contributed by atoms with van der Waals surface area (Å²) in [5.41, 5.74) is 8.48. The van der Waals surface area contributed by atoms with E-state index in [0.717, 1.165) is 16.5 Å². The fourth-order valence-corrected chi connectivity index (χ4v) is 2.84. The molecule has 0 aliphatic carbocycles. The van der Waals surface area contributed by atoms with Gasteiger partial charge in [-0.2, -0.15) is 0 Å². The van der Waals surface area contributed by atoms with E-state index in [1.165, 1.54) is 6.07 Å². The average Bonchev–Trinajstić information content (AvgIpc) is 2.47. The Morgan fingerprint density at radius 3 is 2.71 bits per heavy atom. The number of fused-ring (bicyclic) bond motifs is 1. The number of halogens is 2. The van der Waals surface area contributed by atoms with Gasteiger partial charge in [0.1, 0.15) is 5.82 Å². The number of para-hydroxylation sites is 1. The molecule has 1 atom stereocenters. The average molecular weight is 301 g/mol. The van der Waals surface area contributed by atoms with Gasteiger partial charge in [-0.15, -0.1) is 0 Å². The summed E-state index contributed by atoms with van der Waals surface area (Å²) in [6.07, 6.45) is 2.25. The second kappa shape index (κ2) is 5.80. The summed E-state index contributed by atoms with van der Waals surface area (Å²) in [5.74, 6) is -0.367. The van der Waals surface area contributed by atoms with Crippen molar-refractivity contribution in [1.82, 2.24) is 4.98 Å². The monoisotopic (exact) mass is 300 g/mol. The van der Waals surface area contributed by atoms with Crippen LogP contribution in [0.15, 0.2) is 54.7 Å². The second-order valence-electron chi connectivity index (χ2n) is 4.93. The van der Waals surface area contributed by atoms with Crippen LogP contribution in [0.2, 0.25) is 5.02 Å². The Morgan fingerprint density at radius 2 is 1.90 bits per heavy atom. The second-order valence-corrected chi connectivity index (χ2v) is 5.34. The Morgan fingerprint density at radius 1 is 1.10 bits per heavy atom. The molecule has 0 radical (unpaired) electrons. The van der Waals surface area contributed by atoms with E-state index in [1.807, 2.05) is 30.3 Å². The maximum atomic E-state index is 13.9. The summed E-state index contributed by atoms with van der Waals surface area (Å²) in [4.78, 5) is 4.32. The van der Waals surface area contributed by atoms with Crippen molar-refractivity contribution in [2.75, 3.05) is 0 Å². The summed E-state index contributed by atoms with van der Waals surface area (Å²) in [6.45, 7) is 0. The van der Waals surface area contributed by atoms with Crippen LogP contribution in [0.1, 0.15) is 17.2 Å². The van der Waals surface area contributed by atoms with Gasteiger partial charge < -0.3 is 5.73 Å². The molecule has 1 aromatic heterocycles. The van der Waals surface area contributed by atoms with Gasteiger partial charge in [-0.25, -0.2) is 4.39 Å². The molecule has 0 fully saturated rings. The van der Waals surface area contributed by atoms with E-state index in [-0.39, 0.29) is 5.82 Å². The quantitative estimate of drug-likeness (QED) is 0.784. The molecule has 106 valence electrons. The van der Waals surface area contributed by atoms with Crippen LogP contribution in [0.25, 0.3) is 10.9 Å². The number of benzene rings is 2. The summed E-state index contributed by atoms with van der Waals surface area (Å²) < 4.78 is 13.9. The fourth-order valence-electron chi connectivity index (χ4n) is 2.54. The maximum absolute atomic E-state index is 13.9. The van der Waals surface area contributed by atoms with E-state index in [2.05, 4.69) is 4.98 Å². The number of aromatic nitrogens is 1. The van der Waals surface area contributed by atoms with Crippen LogP contribution < -0.4 is 5.73 Å². The highest BCUT2D eigenvalue weighted by Gasteiger charge is 2.16. The molecular weight excluding hydrogens is 287 g/mol. The van der Waals surface area contributed by atoms with Gasteiger partial charge in [-0.1, -0.05) is 35.9 Å². The first-order chi connectivity index (χ1) is 10.2. The molecule has 2 N–H and O–H groups in total. The Labute approximate surface area is 127 Å². The highest BCUT2D eigenvalue weighted by molar-refractivity contribution is 6.31. The van der Waals surface area contributed by atoms with E-state index >= 15 is 0 Å². The first-order valence-electron chi connectivity index (χ1n) is 6.69. The molecule has 0 spiro atoms. The fraction of sp³-hybridized carbons (Fsp3) is 0.118. The third-order valence-electron chi connectivity index (χ3n) is 3.55. The number of rotatable bonds is 3. The van der Waals surface area contributed by atoms with Gasteiger partial charge in [-0.05, 0) is 36.2 Å². The van der Waals surface area contributed by atoms with Gasteiger partial charge in [0, 0.05) is 28.2 Å². The van der Waals surface area contributed by atoms with Crippen molar-refractivity contribution in [2.45, 2.75) is 12.5 Å². The van der Waals surface area contributed by atoms with E-state index in [0.29, 0.717) is 17.0 Å². The molecule has 21 heavy (non-hydrogen) atoms. The van der Waals surface area contributed by atoms with Crippen molar-refractivity contribution < 1.29 is 4.39 Å². The zero-order chi connectivity index (χ0) is 14.8. The molecule has 0 bridgehead atoms. The summed E-state index contributed by atoms with van der Waals surface area (Å²) in [5, 5.41) is 1.39. The smallest absolute Gasteiger partial charge is 0.129 e. The number of hydrogen-bond acceptors (Lipinski definition) is 2. The van der Waals surface area contributed by atoms with Gasteiger partial charge in [-0.3, -0.25) is 4.98 Å². The van der Waals surface area contributed by atoms with Crippen molar-refractivity contribution in [1.29, 1.82) is 0 Å². The lowest BCUT2D eigenvalue weighted by molar-refractivity contribution is 0.581. The first-order valence-corrected chi connectivity index (χ1v) is 7.06. The van der Waals surface area contributed by atoms with Gasteiger partial charge in [0.05, 0.1) is 5.52 Å². The standard InChI is InChI=1S/C17H14ClFN2/c18-13-5-3-6-14(19)17(13)15(20)10-11-8-9-21-16-7-2-1-4-12(11)16/h1-9,15H,10,20H2. The molecule has 0 amide bonds. The lowest BCUT2D eigenvalue weighted by Gasteiger charge is -2.15. The predicted molar refractivity (Wildman–Crippen MR) is 83.8 cm³/mol. The molecule has 0 aliphatic heterocycles. The van der Waals surface area contributed by atoms with E-state index in [4.69, 9.17) is 17.3 Å². The minimum absolute atomic E-state index is 0.361. The third-order valence-corrected chi connectivity index (χ3v) is 3.88. The Balaban J connectivity index is 1.99. The molecule has 4 heteroatoms. The van der Waals surface area contributed by atoms with E-state index in [9.17, 15) is 4.39 Å². The number of hydrogen-bond donors (Lipinski definition) is 1. The third kappa shape index (κ3) is 2.75. The predicted octanol–water partition coefficient (Wildman–Crippen LogP) is 4.27. The molecule has 0 saturated heterocycles. The van der Waals surface area contributed by atoms with Crippen molar-refractivity contribution in [3.05, 3.63) is 76.7 Å². The highest BCUT2D eigenvalue weighted by Crippen LogP contribution is 2.28. The Kier molecular flexibility index (Phi) is 3.86. The molecule has 3 rings (SSSR count). The first kappa shape index (κ1) is 14.0. The zero-order valence-corrected chi connectivity index (χ0v) is 12.0. The van der Waals surface area contributed by atoms with Crippen molar-refractivity contribution in [2.24, 2.45) is 5.73 Å². The topological polar surface area (TPSA) is 38.9 Å². The van der Waals surface area contributed by atoms with Gasteiger partial charge in [0.2, 0.25) is 0 Å². The highest BCUT2D eigenvalue weighted by atomic mass is 35.5. The molecule has 1 heterocycles. The van der Waals surface area contributed by atoms with Crippen LogP contribution in [-0.4, -0.2) is 4.98 Å². The molecule has 0 saturated carbocycles. The largest absolute Gasteiger partial charge is 0.324 e.